The summed E-state index contributed by atoms with van der Waals surface area (Å²) in [6, 6.07) is 3.99. The van der Waals surface area contributed by atoms with E-state index in [0.717, 1.165) is 74.7 Å². The van der Waals surface area contributed by atoms with Crippen molar-refractivity contribution < 1.29 is 9.59 Å². The topological polar surface area (TPSA) is 95.3 Å². The van der Waals surface area contributed by atoms with E-state index >= 15 is 0 Å². The summed E-state index contributed by atoms with van der Waals surface area (Å²) in [7, 11) is 0. The standard InChI is InChI=1S/C23H32N5O2/c1-2-17-13-16(14-20-15-25-26-22(17)20)3-4-21(29)27-9-5-18(6-10-27)19-7-11-28(12-8-19)23(24)30/h4,13-15,18-19H,2-3,5-12H2,1H3,(H2,24,30)(H,25,26). The number of carbonyl (C=O) groups excluding carboxylic acids is 2. The number of nitrogens with one attached hydrogen (secondary N) is 1. The fraction of sp³-hybridized carbons (Fsp3) is 0.565. The molecule has 0 saturated carbocycles. The Bertz CT molecular complexity index is 892. The summed E-state index contributed by atoms with van der Waals surface area (Å²) in [5, 5.41) is 8.31. The van der Waals surface area contributed by atoms with Crippen LogP contribution in [0.4, 0.5) is 4.79 Å². The maximum Gasteiger partial charge on any atom is 0.314 e. The molecule has 2 aliphatic heterocycles. The van der Waals surface area contributed by atoms with Gasteiger partial charge in [0.15, 0.2) is 0 Å². The number of rotatable bonds is 5. The van der Waals surface area contributed by atoms with Crippen LogP contribution < -0.4 is 5.73 Å². The van der Waals surface area contributed by atoms with E-state index in [2.05, 4.69) is 29.3 Å². The fourth-order valence-electron chi connectivity index (χ4n) is 5.11. The molecule has 0 aliphatic carbocycles. The van der Waals surface area contributed by atoms with Gasteiger partial charge in [-0.3, -0.25) is 9.89 Å². The Kier molecular flexibility index (Phi) is 6.25. The molecular weight excluding hydrogens is 378 g/mol. The lowest BCUT2D eigenvalue weighted by Crippen LogP contribution is -2.45. The van der Waals surface area contributed by atoms with Crippen LogP contribution in [0.15, 0.2) is 18.3 Å². The van der Waals surface area contributed by atoms with Crippen molar-refractivity contribution in [1.82, 2.24) is 20.0 Å². The molecule has 3 N–H and O–H groups in total. The number of aromatic nitrogens is 2. The molecule has 161 valence electrons. The predicted molar refractivity (Wildman–Crippen MR) is 117 cm³/mol. The molecule has 1 radical (unpaired) electrons. The quantitative estimate of drug-likeness (QED) is 0.793. The first kappa shape index (κ1) is 20.7. The minimum absolute atomic E-state index is 0.141. The van der Waals surface area contributed by atoms with Gasteiger partial charge in [0.25, 0.3) is 0 Å². The third-order valence-corrected chi connectivity index (χ3v) is 6.95. The number of piperidine rings is 2. The third kappa shape index (κ3) is 4.45. The molecule has 7 nitrogen and oxygen atoms in total. The largest absolute Gasteiger partial charge is 0.351 e. The van der Waals surface area contributed by atoms with Gasteiger partial charge in [0.05, 0.1) is 18.1 Å². The van der Waals surface area contributed by atoms with E-state index in [1.165, 1.54) is 5.56 Å². The number of primary amides is 1. The number of aromatic amines is 1. The first-order chi connectivity index (χ1) is 14.5. The highest BCUT2D eigenvalue weighted by atomic mass is 16.2. The van der Waals surface area contributed by atoms with Crippen LogP contribution >= 0.6 is 0 Å². The second kappa shape index (κ2) is 9.06. The van der Waals surface area contributed by atoms with Gasteiger partial charge in [-0.1, -0.05) is 13.0 Å². The predicted octanol–water partition coefficient (Wildman–Crippen LogP) is 2.90. The number of hydrogen-bond donors (Lipinski definition) is 2. The van der Waals surface area contributed by atoms with Crippen LogP contribution in [0.5, 0.6) is 0 Å². The van der Waals surface area contributed by atoms with Crippen LogP contribution in [-0.4, -0.2) is 58.1 Å². The summed E-state index contributed by atoms with van der Waals surface area (Å²) in [6.07, 6.45) is 9.44. The van der Waals surface area contributed by atoms with E-state index in [0.29, 0.717) is 18.3 Å². The zero-order valence-corrected chi connectivity index (χ0v) is 17.8. The number of amides is 3. The molecule has 2 fully saturated rings. The third-order valence-electron chi connectivity index (χ3n) is 6.95. The van der Waals surface area contributed by atoms with E-state index in [1.54, 1.807) is 4.90 Å². The van der Waals surface area contributed by atoms with Crippen LogP contribution in [0.2, 0.25) is 0 Å². The van der Waals surface area contributed by atoms with Crippen LogP contribution in [0, 0.1) is 18.3 Å². The Hall–Kier alpha value is -2.57. The number of fused-ring (bicyclic) bond motifs is 1. The Balaban J connectivity index is 1.25. The van der Waals surface area contributed by atoms with Gasteiger partial charge in [-0.2, -0.15) is 5.10 Å². The van der Waals surface area contributed by atoms with Gasteiger partial charge < -0.3 is 15.5 Å². The van der Waals surface area contributed by atoms with Gasteiger partial charge in [0.1, 0.15) is 0 Å². The zero-order valence-electron chi connectivity index (χ0n) is 17.8. The molecule has 0 atom stereocenters. The smallest absolute Gasteiger partial charge is 0.314 e. The molecule has 0 bridgehead atoms. The van der Waals surface area contributed by atoms with Crippen molar-refractivity contribution in [3.8, 4) is 0 Å². The van der Waals surface area contributed by atoms with Gasteiger partial charge >= 0.3 is 6.03 Å². The van der Waals surface area contributed by atoms with E-state index in [-0.39, 0.29) is 11.9 Å². The normalized spacial score (nSPS) is 18.8. The number of likely N-dealkylation sites (tertiary alicyclic amines) is 2. The Morgan fingerprint density at radius 3 is 2.33 bits per heavy atom. The van der Waals surface area contributed by atoms with E-state index < -0.39 is 0 Å². The highest BCUT2D eigenvalue weighted by molar-refractivity contribution is 5.86. The molecule has 1 aromatic carbocycles. The molecule has 4 rings (SSSR count). The minimum Gasteiger partial charge on any atom is -0.351 e. The molecule has 7 heteroatoms. The van der Waals surface area contributed by atoms with Crippen LogP contribution in [-0.2, 0) is 17.6 Å². The van der Waals surface area contributed by atoms with Crippen molar-refractivity contribution in [3.05, 3.63) is 35.9 Å². The Morgan fingerprint density at radius 2 is 1.73 bits per heavy atom. The van der Waals surface area contributed by atoms with Crippen molar-refractivity contribution in [2.45, 2.75) is 45.4 Å². The van der Waals surface area contributed by atoms with E-state index in [4.69, 9.17) is 5.73 Å². The zero-order chi connectivity index (χ0) is 21.1. The summed E-state index contributed by atoms with van der Waals surface area (Å²) in [5.74, 6) is 1.44. The number of benzene rings is 1. The fourth-order valence-corrected chi connectivity index (χ4v) is 5.11. The SMILES string of the molecule is CCc1cc(C[CH]C(=O)N2CCC(C3CCN(C(N)=O)CC3)CC2)cc2cn[nH]c12. The average Bonchev–Trinajstić information content (AvgIpc) is 3.26. The molecule has 1 aromatic heterocycles. The Labute approximate surface area is 178 Å². The van der Waals surface area contributed by atoms with Crippen molar-refractivity contribution >= 4 is 22.8 Å². The number of aryl methyl sites for hydroxylation is 1. The van der Waals surface area contributed by atoms with Gasteiger partial charge in [0.2, 0.25) is 5.91 Å². The first-order valence-electron chi connectivity index (χ1n) is 11.2. The molecule has 0 spiro atoms. The van der Waals surface area contributed by atoms with Crippen LogP contribution in [0.25, 0.3) is 10.9 Å². The van der Waals surface area contributed by atoms with Gasteiger partial charge in [0, 0.05) is 31.6 Å². The minimum atomic E-state index is -0.303. The molecule has 0 unspecified atom stereocenters. The maximum absolute atomic E-state index is 12.7. The van der Waals surface area contributed by atoms with Crippen molar-refractivity contribution in [1.29, 1.82) is 0 Å². The summed E-state index contributed by atoms with van der Waals surface area (Å²) in [4.78, 5) is 27.8. The molecule has 2 aliphatic rings. The number of nitrogens with zero attached hydrogens (tertiary/aromatic N) is 3. The van der Waals surface area contributed by atoms with E-state index in [9.17, 15) is 9.59 Å². The molecule has 2 aromatic rings. The van der Waals surface area contributed by atoms with Gasteiger partial charge in [-0.05, 0) is 67.6 Å². The van der Waals surface area contributed by atoms with Crippen molar-refractivity contribution in [2.75, 3.05) is 26.2 Å². The Morgan fingerprint density at radius 1 is 1.10 bits per heavy atom. The lowest BCUT2D eigenvalue weighted by Gasteiger charge is -2.39. The van der Waals surface area contributed by atoms with Crippen molar-refractivity contribution in [2.24, 2.45) is 17.6 Å². The maximum atomic E-state index is 12.7. The summed E-state index contributed by atoms with van der Waals surface area (Å²) in [6.45, 7) is 5.34. The highest BCUT2D eigenvalue weighted by Crippen LogP contribution is 2.32. The van der Waals surface area contributed by atoms with Crippen LogP contribution in [0.3, 0.4) is 0 Å². The number of hydrogen-bond acceptors (Lipinski definition) is 3. The number of urea groups is 1. The summed E-state index contributed by atoms with van der Waals surface area (Å²) in [5.41, 5.74) is 8.88. The number of H-pyrrole nitrogens is 1. The monoisotopic (exact) mass is 410 g/mol. The molecular formula is C23H32N5O2. The molecule has 3 amide bonds. The number of carbonyl (C=O) groups is 2. The van der Waals surface area contributed by atoms with E-state index in [1.807, 2.05) is 17.5 Å². The average molecular weight is 411 g/mol. The van der Waals surface area contributed by atoms with Gasteiger partial charge in [-0.15, -0.1) is 0 Å². The second-order valence-electron chi connectivity index (χ2n) is 8.68. The lowest BCUT2D eigenvalue weighted by molar-refractivity contribution is -0.129. The second-order valence-corrected chi connectivity index (χ2v) is 8.68. The highest BCUT2D eigenvalue weighted by Gasteiger charge is 2.31. The lowest BCUT2D eigenvalue weighted by atomic mass is 9.79. The van der Waals surface area contributed by atoms with Crippen molar-refractivity contribution in [3.63, 3.8) is 0 Å². The molecule has 2 saturated heterocycles. The van der Waals surface area contributed by atoms with Gasteiger partial charge in [-0.25, -0.2) is 4.79 Å². The summed E-state index contributed by atoms with van der Waals surface area (Å²) < 4.78 is 0. The first-order valence-corrected chi connectivity index (χ1v) is 11.2. The molecule has 3 heterocycles. The number of nitrogens with two attached hydrogens (primary N) is 1. The molecule has 30 heavy (non-hydrogen) atoms. The van der Waals surface area contributed by atoms with Crippen LogP contribution in [0.1, 0.15) is 43.7 Å². The summed E-state index contributed by atoms with van der Waals surface area (Å²) >= 11 is 0.